The zero-order chi connectivity index (χ0) is 14.1. The zero-order valence-corrected chi connectivity index (χ0v) is 12.9. The molecule has 2 nitrogen and oxygen atoms in total. The van der Waals surface area contributed by atoms with Crippen LogP contribution in [0.2, 0.25) is 0 Å². The van der Waals surface area contributed by atoms with Crippen LogP contribution >= 0.6 is 0 Å². The molecule has 0 heterocycles. The van der Waals surface area contributed by atoms with Crippen LogP contribution in [0.25, 0.3) is 0 Å². The van der Waals surface area contributed by atoms with E-state index in [4.69, 9.17) is 4.74 Å². The molecule has 0 unspecified atom stereocenters. The van der Waals surface area contributed by atoms with Crippen LogP contribution in [0.15, 0.2) is 24.3 Å². The first kappa shape index (κ1) is 13.9. The molecule has 3 rings (SSSR count). The van der Waals surface area contributed by atoms with E-state index in [9.17, 15) is 0 Å². The molecule has 1 N–H and O–H groups in total. The summed E-state index contributed by atoms with van der Waals surface area (Å²) in [6.45, 7) is 4.50. The Labute approximate surface area is 122 Å². The van der Waals surface area contributed by atoms with Crippen LogP contribution in [0.5, 0.6) is 5.75 Å². The van der Waals surface area contributed by atoms with Gasteiger partial charge in [0.15, 0.2) is 0 Å². The van der Waals surface area contributed by atoms with E-state index in [1.807, 2.05) is 0 Å². The Bertz CT molecular complexity index is 439. The summed E-state index contributed by atoms with van der Waals surface area (Å²) in [6.07, 6.45) is 8.33. The molecule has 0 amide bonds. The molecule has 2 heteroatoms. The number of rotatable bonds is 6. The van der Waals surface area contributed by atoms with Crippen molar-refractivity contribution in [1.82, 2.24) is 5.32 Å². The number of hydrogen-bond acceptors (Lipinski definition) is 2. The van der Waals surface area contributed by atoms with Gasteiger partial charge in [-0.05, 0) is 61.8 Å². The zero-order valence-electron chi connectivity index (χ0n) is 12.9. The average molecular weight is 273 g/mol. The van der Waals surface area contributed by atoms with Gasteiger partial charge in [-0.25, -0.2) is 0 Å². The fraction of sp³-hybridized carbons (Fsp3) is 0.667. The summed E-state index contributed by atoms with van der Waals surface area (Å²) < 4.78 is 5.29. The fourth-order valence-corrected chi connectivity index (χ4v) is 4.29. The van der Waals surface area contributed by atoms with Crippen LogP contribution in [0.4, 0.5) is 0 Å². The van der Waals surface area contributed by atoms with Crippen molar-refractivity contribution in [2.45, 2.75) is 50.9 Å². The highest BCUT2D eigenvalue weighted by atomic mass is 16.5. The van der Waals surface area contributed by atoms with Crippen LogP contribution in [-0.4, -0.2) is 20.2 Å². The van der Waals surface area contributed by atoms with E-state index in [-0.39, 0.29) is 0 Å². The maximum atomic E-state index is 5.29. The summed E-state index contributed by atoms with van der Waals surface area (Å²) in [7, 11) is 1.74. The lowest BCUT2D eigenvalue weighted by Crippen LogP contribution is -2.57. The second kappa shape index (κ2) is 5.40. The highest BCUT2D eigenvalue weighted by Crippen LogP contribution is 2.64. The van der Waals surface area contributed by atoms with Crippen molar-refractivity contribution in [2.24, 2.45) is 5.41 Å². The summed E-state index contributed by atoms with van der Waals surface area (Å²) in [5, 5.41) is 3.66. The summed E-state index contributed by atoms with van der Waals surface area (Å²) in [5.41, 5.74) is 2.58. The number of ether oxygens (including phenoxy) is 1. The molecule has 1 spiro atoms. The molecule has 0 atom stereocenters. The minimum atomic E-state index is 0.377. The molecule has 0 aromatic heterocycles. The van der Waals surface area contributed by atoms with Gasteiger partial charge < -0.3 is 10.1 Å². The monoisotopic (exact) mass is 273 g/mol. The van der Waals surface area contributed by atoms with Crippen molar-refractivity contribution < 1.29 is 4.74 Å². The van der Waals surface area contributed by atoms with Crippen molar-refractivity contribution in [2.75, 3.05) is 20.2 Å². The van der Waals surface area contributed by atoms with Gasteiger partial charge in [0.2, 0.25) is 0 Å². The molecule has 2 saturated carbocycles. The largest absolute Gasteiger partial charge is 0.497 e. The quantitative estimate of drug-likeness (QED) is 0.794. The molecule has 20 heavy (non-hydrogen) atoms. The third kappa shape index (κ3) is 2.35. The van der Waals surface area contributed by atoms with E-state index in [1.54, 1.807) is 7.11 Å². The van der Waals surface area contributed by atoms with Crippen molar-refractivity contribution >= 4 is 0 Å². The lowest BCUT2D eigenvalue weighted by molar-refractivity contribution is -0.0482. The van der Waals surface area contributed by atoms with Crippen LogP contribution in [-0.2, 0) is 5.41 Å². The second-order valence-electron chi connectivity index (χ2n) is 6.89. The first-order valence-electron chi connectivity index (χ1n) is 8.07. The first-order chi connectivity index (χ1) is 9.72. The molecule has 110 valence electrons. The van der Waals surface area contributed by atoms with Crippen molar-refractivity contribution in [1.29, 1.82) is 0 Å². The van der Waals surface area contributed by atoms with Gasteiger partial charge in [-0.15, -0.1) is 0 Å². The molecule has 1 aromatic carbocycles. The van der Waals surface area contributed by atoms with Gasteiger partial charge in [0, 0.05) is 12.0 Å². The fourth-order valence-electron chi connectivity index (χ4n) is 4.29. The SMILES string of the molecule is CCCNCC1(c2ccc(OC)cc2)CC2(CCC2)C1. The molecular formula is C18H27NO. The summed E-state index contributed by atoms with van der Waals surface area (Å²) >= 11 is 0. The Hall–Kier alpha value is -1.02. The van der Waals surface area contributed by atoms with Gasteiger partial charge in [-0.1, -0.05) is 25.5 Å². The molecule has 0 aliphatic heterocycles. The Morgan fingerprint density at radius 3 is 2.35 bits per heavy atom. The standard InChI is InChI=1S/C18H27NO/c1-3-11-19-14-18(12-17(13-18)9-4-10-17)15-5-7-16(20-2)8-6-15/h5-8,19H,3-4,9-14H2,1-2H3. The summed E-state index contributed by atoms with van der Waals surface area (Å²) in [6, 6.07) is 8.78. The smallest absolute Gasteiger partial charge is 0.118 e. The molecule has 0 saturated heterocycles. The van der Waals surface area contributed by atoms with E-state index in [2.05, 4.69) is 36.5 Å². The number of nitrogens with one attached hydrogen (secondary N) is 1. The normalized spacial score (nSPS) is 22.1. The van der Waals surface area contributed by atoms with Gasteiger partial charge in [0.05, 0.1) is 7.11 Å². The lowest BCUT2D eigenvalue weighted by atomic mass is 9.43. The van der Waals surface area contributed by atoms with Gasteiger partial charge in [0.1, 0.15) is 5.75 Å². The minimum Gasteiger partial charge on any atom is -0.497 e. The predicted molar refractivity (Wildman–Crippen MR) is 83.4 cm³/mol. The van der Waals surface area contributed by atoms with E-state index < -0.39 is 0 Å². The van der Waals surface area contributed by atoms with Crippen LogP contribution in [0.3, 0.4) is 0 Å². The van der Waals surface area contributed by atoms with Crippen molar-refractivity contribution in [3.05, 3.63) is 29.8 Å². The van der Waals surface area contributed by atoms with Gasteiger partial charge >= 0.3 is 0 Å². The number of benzene rings is 1. The highest BCUT2D eigenvalue weighted by Gasteiger charge is 2.57. The van der Waals surface area contributed by atoms with E-state index >= 15 is 0 Å². The molecular weight excluding hydrogens is 246 g/mol. The predicted octanol–water partition coefficient (Wildman–Crippen LogP) is 3.90. The lowest BCUT2D eigenvalue weighted by Gasteiger charge is -2.62. The third-order valence-corrected chi connectivity index (χ3v) is 5.43. The van der Waals surface area contributed by atoms with E-state index in [1.165, 1.54) is 44.1 Å². The number of hydrogen-bond donors (Lipinski definition) is 1. The topological polar surface area (TPSA) is 21.3 Å². The van der Waals surface area contributed by atoms with Crippen LogP contribution in [0, 0.1) is 5.41 Å². The highest BCUT2D eigenvalue weighted by molar-refractivity contribution is 5.36. The maximum absolute atomic E-state index is 5.29. The molecule has 1 aromatic rings. The van der Waals surface area contributed by atoms with Crippen LogP contribution < -0.4 is 10.1 Å². The molecule has 2 aliphatic rings. The third-order valence-electron chi connectivity index (χ3n) is 5.43. The molecule has 0 bridgehead atoms. The molecule has 2 aliphatic carbocycles. The van der Waals surface area contributed by atoms with Crippen molar-refractivity contribution in [3.63, 3.8) is 0 Å². The van der Waals surface area contributed by atoms with Gasteiger partial charge in [-0.2, -0.15) is 0 Å². The number of methoxy groups -OCH3 is 1. The van der Waals surface area contributed by atoms with Gasteiger partial charge in [0.25, 0.3) is 0 Å². The summed E-state index contributed by atoms with van der Waals surface area (Å²) in [5.74, 6) is 0.961. The van der Waals surface area contributed by atoms with Crippen molar-refractivity contribution in [3.8, 4) is 5.75 Å². The van der Waals surface area contributed by atoms with Gasteiger partial charge in [-0.3, -0.25) is 0 Å². The summed E-state index contributed by atoms with van der Waals surface area (Å²) in [4.78, 5) is 0. The Kier molecular flexibility index (Phi) is 3.76. The van der Waals surface area contributed by atoms with E-state index in [0.29, 0.717) is 10.8 Å². The Morgan fingerprint density at radius 1 is 1.15 bits per heavy atom. The Balaban J connectivity index is 1.74. The van der Waals surface area contributed by atoms with Crippen LogP contribution in [0.1, 0.15) is 51.0 Å². The Morgan fingerprint density at radius 2 is 1.85 bits per heavy atom. The maximum Gasteiger partial charge on any atom is 0.118 e. The second-order valence-corrected chi connectivity index (χ2v) is 6.89. The molecule has 0 radical (unpaired) electrons. The first-order valence-corrected chi connectivity index (χ1v) is 8.07. The molecule has 2 fully saturated rings. The average Bonchev–Trinajstić information content (AvgIpc) is 2.40. The van der Waals surface area contributed by atoms with E-state index in [0.717, 1.165) is 18.8 Å². The minimum absolute atomic E-state index is 0.377.